The van der Waals surface area contributed by atoms with Crippen LogP contribution in [0, 0.1) is 23.2 Å². The maximum atomic E-state index is 8.64. The molecular formula is C9H16N2. The van der Waals surface area contributed by atoms with Gasteiger partial charge in [0.1, 0.15) is 0 Å². The normalized spacial score (nSPS) is 25.8. The van der Waals surface area contributed by atoms with E-state index in [1.807, 2.05) is 0 Å². The van der Waals surface area contributed by atoms with E-state index >= 15 is 0 Å². The van der Waals surface area contributed by atoms with Crippen LogP contribution in [0.3, 0.4) is 0 Å². The summed E-state index contributed by atoms with van der Waals surface area (Å²) in [6, 6.07) is 2.33. The lowest BCUT2D eigenvalue weighted by Gasteiger charge is -2.16. The van der Waals surface area contributed by atoms with E-state index in [1.54, 1.807) is 0 Å². The van der Waals surface area contributed by atoms with Gasteiger partial charge in [0.25, 0.3) is 0 Å². The van der Waals surface area contributed by atoms with E-state index in [2.05, 4.69) is 24.8 Å². The van der Waals surface area contributed by atoms with Crippen LogP contribution < -0.4 is 0 Å². The number of nitrogens with zero attached hydrogens (tertiary/aromatic N) is 2. The van der Waals surface area contributed by atoms with Crippen LogP contribution in [0.25, 0.3) is 0 Å². The molecule has 0 unspecified atom stereocenters. The first-order valence-electron chi connectivity index (χ1n) is 4.34. The van der Waals surface area contributed by atoms with Crippen LogP contribution in [0.2, 0.25) is 0 Å². The highest BCUT2D eigenvalue weighted by Crippen LogP contribution is 2.15. The minimum absolute atomic E-state index is 0.300. The highest BCUT2D eigenvalue weighted by atomic mass is 15.1. The largest absolute Gasteiger partial charge is 0.302 e. The van der Waals surface area contributed by atoms with Gasteiger partial charge in [0.2, 0.25) is 0 Å². The van der Waals surface area contributed by atoms with Crippen molar-refractivity contribution in [3.8, 4) is 6.07 Å². The minimum Gasteiger partial charge on any atom is -0.302 e. The maximum Gasteiger partial charge on any atom is 0.0669 e. The smallest absolute Gasteiger partial charge is 0.0669 e. The fourth-order valence-electron chi connectivity index (χ4n) is 1.62. The topological polar surface area (TPSA) is 27.0 Å². The third-order valence-electron chi connectivity index (χ3n) is 2.08. The summed E-state index contributed by atoms with van der Waals surface area (Å²) >= 11 is 0. The molecule has 1 atom stereocenters. The van der Waals surface area contributed by atoms with E-state index in [4.69, 9.17) is 5.26 Å². The van der Waals surface area contributed by atoms with Gasteiger partial charge in [0.05, 0.1) is 12.0 Å². The van der Waals surface area contributed by atoms with Gasteiger partial charge >= 0.3 is 0 Å². The second kappa shape index (κ2) is 3.73. The predicted molar refractivity (Wildman–Crippen MR) is 45.0 cm³/mol. The molecule has 11 heavy (non-hydrogen) atoms. The molecule has 62 valence electrons. The molecule has 0 amide bonds. The Balaban J connectivity index is 2.26. The van der Waals surface area contributed by atoms with Crippen molar-refractivity contribution in [2.45, 2.75) is 20.3 Å². The van der Waals surface area contributed by atoms with Gasteiger partial charge in [-0.05, 0) is 18.9 Å². The highest BCUT2D eigenvalue weighted by molar-refractivity contribution is 4.90. The van der Waals surface area contributed by atoms with Crippen LogP contribution in [0.4, 0.5) is 0 Å². The van der Waals surface area contributed by atoms with E-state index in [-0.39, 0.29) is 0 Å². The molecule has 1 aliphatic heterocycles. The van der Waals surface area contributed by atoms with Gasteiger partial charge in [-0.1, -0.05) is 13.8 Å². The van der Waals surface area contributed by atoms with E-state index in [0.717, 1.165) is 32.0 Å². The molecule has 0 aromatic carbocycles. The zero-order valence-electron chi connectivity index (χ0n) is 7.38. The lowest BCUT2D eigenvalue weighted by Crippen LogP contribution is -2.24. The number of rotatable bonds is 2. The Labute approximate surface area is 68.8 Å². The first-order valence-corrected chi connectivity index (χ1v) is 4.34. The monoisotopic (exact) mass is 152 g/mol. The summed E-state index contributed by atoms with van der Waals surface area (Å²) in [6.45, 7) is 7.71. The van der Waals surface area contributed by atoms with Gasteiger partial charge in [-0.2, -0.15) is 5.26 Å². The minimum atomic E-state index is 0.300. The van der Waals surface area contributed by atoms with Crippen molar-refractivity contribution in [2.75, 3.05) is 19.6 Å². The van der Waals surface area contributed by atoms with Crippen molar-refractivity contribution >= 4 is 0 Å². The molecule has 2 nitrogen and oxygen atoms in total. The lowest BCUT2D eigenvalue weighted by molar-refractivity contribution is 0.293. The molecule has 0 aromatic rings. The highest BCUT2D eigenvalue weighted by Gasteiger charge is 2.21. The Kier molecular flexibility index (Phi) is 2.90. The zero-order valence-corrected chi connectivity index (χ0v) is 7.38. The van der Waals surface area contributed by atoms with E-state index in [1.165, 1.54) is 0 Å². The van der Waals surface area contributed by atoms with Crippen LogP contribution in [-0.2, 0) is 0 Å². The number of nitriles is 1. The van der Waals surface area contributed by atoms with Crippen molar-refractivity contribution in [1.82, 2.24) is 4.90 Å². The van der Waals surface area contributed by atoms with Crippen molar-refractivity contribution in [3.05, 3.63) is 0 Å². The summed E-state index contributed by atoms with van der Waals surface area (Å²) in [7, 11) is 0. The Morgan fingerprint density at radius 1 is 1.64 bits per heavy atom. The summed E-state index contributed by atoms with van der Waals surface area (Å²) in [6.07, 6.45) is 1.07. The molecule has 0 saturated carbocycles. The summed E-state index contributed by atoms with van der Waals surface area (Å²) < 4.78 is 0. The van der Waals surface area contributed by atoms with Gasteiger partial charge in [0, 0.05) is 13.1 Å². The number of hydrogen-bond donors (Lipinski definition) is 0. The van der Waals surface area contributed by atoms with Crippen LogP contribution in [-0.4, -0.2) is 24.5 Å². The average Bonchev–Trinajstić information content (AvgIpc) is 2.34. The maximum absolute atomic E-state index is 8.64. The summed E-state index contributed by atoms with van der Waals surface area (Å²) in [4.78, 5) is 2.39. The summed E-state index contributed by atoms with van der Waals surface area (Å²) in [5, 5.41) is 8.64. The standard InChI is InChI=1S/C9H16N2/c1-8(2)6-11-4-3-9(5-10)7-11/h8-9H,3-4,6-7H2,1-2H3/t9-/m1/s1. The Bertz CT molecular complexity index is 157. The van der Waals surface area contributed by atoms with Gasteiger partial charge < -0.3 is 4.90 Å². The van der Waals surface area contributed by atoms with Crippen LogP contribution in [0.15, 0.2) is 0 Å². The molecular weight excluding hydrogens is 136 g/mol. The Morgan fingerprint density at radius 2 is 2.36 bits per heavy atom. The van der Waals surface area contributed by atoms with Gasteiger partial charge in [-0.3, -0.25) is 0 Å². The first kappa shape index (κ1) is 8.55. The molecule has 1 saturated heterocycles. The molecule has 1 rings (SSSR count). The van der Waals surface area contributed by atoms with Crippen LogP contribution >= 0.6 is 0 Å². The second-order valence-electron chi connectivity index (χ2n) is 3.77. The fraction of sp³-hybridized carbons (Fsp3) is 0.889. The quantitative estimate of drug-likeness (QED) is 0.599. The second-order valence-corrected chi connectivity index (χ2v) is 3.77. The van der Waals surface area contributed by atoms with Gasteiger partial charge in [0.15, 0.2) is 0 Å². The third-order valence-corrected chi connectivity index (χ3v) is 2.08. The predicted octanol–water partition coefficient (Wildman–Crippen LogP) is 1.49. The van der Waals surface area contributed by atoms with Gasteiger partial charge in [-0.15, -0.1) is 0 Å². The van der Waals surface area contributed by atoms with Crippen molar-refractivity contribution in [1.29, 1.82) is 5.26 Å². The molecule has 1 fully saturated rings. The molecule has 1 aliphatic rings. The molecule has 0 N–H and O–H groups in total. The van der Waals surface area contributed by atoms with Crippen LogP contribution in [0.5, 0.6) is 0 Å². The van der Waals surface area contributed by atoms with E-state index in [9.17, 15) is 0 Å². The third kappa shape index (κ3) is 2.51. The molecule has 0 bridgehead atoms. The van der Waals surface area contributed by atoms with E-state index < -0.39 is 0 Å². The zero-order chi connectivity index (χ0) is 8.27. The molecule has 0 aromatic heterocycles. The Hall–Kier alpha value is -0.550. The molecule has 0 spiro atoms. The Morgan fingerprint density at radius 3 is 2.82 bits per heavy atom. The van der Waals surface area contributed by atoms with Crippen LogP contribution in [0.1, 0.15) is 20.3 Å². The van der Waals surface area contributed by atoms with Crippen molar-refractivity contribution in [3.63, 3.8) is 0 Å². The molecule has 0 radical (unpaired) electrons. The molecule has 2 heteroatoms. The lowest BCUT2D eigenvalue weighted by atomic mass is 10.1. The van der Waals surface area contributed by atoms with Crippen molar-refractivity contribution in [2.24, 2.45) is 11.8 Å². The van der Waals surface area contributed by atoms with Gasteiger partial charge in [-0.25, -0.2) is 0 Å². The summed E-state index contributed by atoms with van der Waals surface area (Å²) in [5.74, 6) is 1.03. The number of likely N-dealkylation sites (tertiary alicyclic amines) is 1. The van der Waals surface area contributed by atoms with Crippen molar-refractivity contribution < 1.29 is 0 Å². The fourth-order valence-corrected chi connectivity index (χ4v) is 1.62. The SMILES string of the molecule is CC(C)CN1CC[C@H](C#N)C1. The molecule has 1 heterocycles. The average molecular weight is 152 g/mol. The first-order chi connectivity index (χ1) is 5.22. The van der Waals surface area contributed by atoms with E-state index in [0.29, 0.717) is 5.92 Å². The number of hydrogen-bond acceptors (Lipinski definition) is 2. The molecule has 0 aliphatic carbocycles. The summed E-state index contributed by atoms with van der Waals surface area (Å²) in [5.41, 5.74) is 0.